The van der Waals surface area contributed by atoms with Gasteiger partial charge in [-0.2, -0.15) is 0 Å². The molecule has 0 saturated heterocycles. The fraction of sp³-hybridized carbons (Fsp3) is 0.235. The number of halogens is 1. The number of ether oxygens (including phenoxy) is 2. The standard InChI is InChI=1S/C17H17FNO6/c1-10-13-6-7-15(23-2)16(14(13)9-24-17(10)20)25-19(21,22)12-5-3-4-11(18)8-12/h3-8,10,21-22H,9H2,1-2H3/q+1. The molecule has 132 valence electrons. The number of hydrogen-bond donors (Lipinski definition) is 2. The summed E-state index contributed by atoms with van der Waals surface area (Å²) in [5.41, 5.74) is 0.834. The number of quaternary nitrogens is 1. The van der Waals surface area contributed by atoms with E-state index >= 15 is 0 Å². The molecular formula is C17H17FNO6+. The molecule has 1 atom stereocenters. The van der Waals surface area contributed by atoms with Crippen molar-refractivity contribution < 1.29 is 33.9 Å². The molecule has 0 spiro atoms. The highest BCUT2D eigenvalue weighted by Gasteiger charge is 2.37. The number of methoxy groups -OCH3 is 1. The maximum Gasteiger partial charge on any atom is 0.313 e. The first-order chi connectivity index (χ1) is 11.8. The van der Waals surface area contributed by atoms with Crippen molar-refractivity contribution in [2.75, 3.05) is 7.11 Å². The van der Waals surface area contributed by atoms with Gasteiger partial charge in [0.25, 0.3) is 5.69 Å². The molecule has 0 amide bonds. The van der Waals surface area contributed by atoms with Gasteiger partial charge in [-0.15, -0.1) is 10.4 Å². The van der Waals surface area contributed by atoms with E-state index in [1.54, 1.807) is 19.1 Å². The maximum absolute atomic E-state index is 13.4. The Bertz CT molecular complexity index is 823. The number of hydrogen-bond acceptors (Lipinski definition) is 6. The quantitative estimate of drug-likeness (QED) is 0.501. The summed E-state index contributed by atoms with van der Waals surface area (Å²) in [5, 5.41) is 20.5. The Labute approximate surface area is 142 Å². The Morgan fingerprint density at radius 2 is 2.04 bits per heavy atom. The van der Waals surface area contributed by atoms with E-state index in [4.69, 9.17) is 14.3 Å². The van der Waals surface area contributed by atoms with Gasteiger partial charge in [0.2, 0.25) is 5.75 Å². The highest BCUT2D eigenvalue weighted by molar-refractivity contribution is 5.80. The minimum absolute atomic E-state index is 0.00592. The average molecular weight is 350 g/mol. The lowest BCUT2D eigenvalue weighted by Crippen LogP contribution is -2.46. The first-order valence-corrected chi connectivity index (χ1v) is 7.50. The van der Waals surface area contributed by atoms with E-state index in [-0.39, 0.29) is 29.8 Å². The Balaban J connectivity index is 2.06. The molecule has 0 bridgehead atoms. The zero-order valence-electron chi connectivity index (χ0n) is 13.6. The molecule has 7 nitrogen and oxygen atoms in total. The van der Waals surface area contributed by atoms with Crippen molar-refractivity contribution in [2.45, 2.75) is 19.4 Å². The number of carbonyl (C=O) groups is 1. The van der Waals surface area contributed by atoms with Gasteiger partial charge in [-0.1, -0.05) is 12.1 Å². The molecule has 2 aromatic carbocycles. The molecular weight excluding hydrogens is 333 g/mol. The van der Waals surface area contributed by atoms with Crippen LogP contribution in [0.2, 0.25) is 0 Å². The molecule has 3 rings (SSSR count). The Morgan fingerprint density at radius 1 is 1.28 bits per heavy atom. The molecule has 1 aliphatic heterocycles. The zero-order valence-corrected chi connectivity index (χ0v) is 13.6. The summed E-state index contributed by atoms with van der Waals surface area (Å²) < 4.78 is 23.7. The van der Waals surface area contributed by atoms with Crippen LogP contribution >= 0.6 is 0 Å². The van der Waals surface area contributed by atoms with Crippen LogP contribution in [0.4, 0.5) is 10.1 Å². The van der Waals surface area contributed by atoms with Crippen LogP contribution in [-0.2, 0) is 16.1 Å². The van der Waals surface area contributed by atoms with Gasteiger partial charge in [0.05, 0.1) is 13.0 Å². The first-order valence-electron chi connectivity index (χ1n) is 7.50. The minimum atomic E-state index is -2.05. The van der Waals surface area contributed by atoms with E-state index < -0.39 is 16.7 Å². The van der Waals surface area contributed by atoms with Crippen LogP contribution in [-0.4, -0.2) is 23.5 Å². The third-order valence-electron chi connectivity index (χ3n) is 4.02. The van der Waals surface area contributed by atoms with Crippen molar-refractivity contribution >= 4 is 11.7 Å². The summed E-state index contributed by atoms with van der Waals surface area (Å²) in [4.78, 5) is 15.0. The molecule has 0 radical (unpaired) electrons. The fourth-order valence-electron chi connectivity index (χ4n) is 2.67. The zero-order chi connectivity index (χ0) is 18.2. The second-order valence-corrected chi connectivity index (χ2v) is 5.61. The van der Waals surface area contributed by atoms with Gasteiger partial charge in [-0.25, -0.2) is 9.23 Å². The summed E-state index contributed by atoms with van der Waals surface area (Å²) in [6.07, 6.45) is 0. The minimum Gasteiger partial charge on any atom is -0.493 e. The molecule has 0 fully saturated rings. The lowest BCUT2D eigenvalue weighted by Gasteiger charge is -2.26. The number of rotatable bonds is 4. The van der Waals surface area contributed by atoms with Crippen LogP contribution in [0.25, 0.3) is 0 Å². The summed E-state index contributed by atoms with van der Waals surface area (Å²) >= 11 is 0. The van der Waals surface area contributed by atoms with Crippen molar-refractivity contribution in [3.05, 3.63) is 53.3 Å². The normalized spacial score (nSPS) is 16.8. The predicted octanol–water partition coefficient (Wildman–Crippen LogP) is 3.07. The number of benzene rings is 2. The van der Waals surface area contributed by atoms with Crippen molar-refractivity contribution in [2.24, 2.45) is 0 Å². The smallest absolute Gasteiger partial charge is 0.313 e. The monoisotopic (exact) mass is 350 g/mol. The van der Waals surface area contributed by atoms with Gasteiger partial charge in [-0.3, -0.25) is 4.79 Å². The second-order valence-electron chi connectivity index (χ2n) is 5.61. The number of esters is 1. The molecule has 1 aliphatic rings. The Hall–Kier alpha value is -2.68. The molecule has 1 unspecified atom stereocenters. The number of nitrogens with zero attached hydrogens (tertiary/aromatic N) is 1. The van der Waals surface area contributed by atoms with Gasteiger partial charge in [0.1, 0.15) is 12.4 Å². The van der Waals surface area contributed by atoms with Gasteiger partial charge < -0.3 is 9.47 Å². The summed E-state index contributed by atoms with van der Waals surface area (Å²) in [5.74, 6) is -1.37. The summed E-state index contributed by atoms with van der Waals surface area (Å²) in [6.45, 7) is 1.57. The number of cyclic esters (lactones) is 1. The lowest BCUT2D eigenvalue weighted by molar-refractivity contribution is -0.433. The molecule has 1 heterocycles. The van der Waals surface area contributed by atoms with Crippen molar-refractivity contribution in [1.29, 1.82) is 0 Å². The fourth-order valence-corrected chi connectivity index (χ4v) is 2.67. The molecule has 8 heteroatoms. The van der Waals surface area contributed by atoms with Crippen LogP contribution in [0, 0.1) is 5.82 Å². The molecule has 25 heavy (non-hydrogen) atoms. The largest absolute Gasteiger partial charge is 0.493 e. The highest BCUT2D eigenvalue weighted by Crippen LogP contribution is 2.41. The first kappa shape index (κ1) is 17.2. The molecule has 2 N–H and O–H groups in total. The van der Waals surface area contributed by atoms with Gasteiger partial charge in [0, 0.05) is 17.7 Å². The molecule has 0 aromatic heterocycles. The maximum atomic E-state index is 13.4. The van der Waals surface area contributed by atoms with E-state index in [1.807, 2.05) is 0 Å². The molecule has 2 aromatic rings. The third kappa shape index (κ3) is 3.14. The van der Waals surface area contributed by atoms with Crippen molar-refractivity contribution in [3.63, 3.8) is 0 Å². The lowest BCUT2D eigenvalue weighted by atomic mass is 9.93. The molecule has 0 saturated carbocycles. The summed E-state index contributed by atoms with van der Waals surface area (Å²) in [7, 11) is 1.39. The highest BCUT2D eigenvalue weighted by atomic mass is 19.1. The topological polar surface area (TPSA) is 85.2 Å². The van der Waals surface area contributed by atoms with Crippen molar-refractivity contribution in [1.82, 2.24) is 4.97 Å². The van der Waals surface area contributed by atoms with Crippen LogP contribution in [0.5, 0.6) is 11.5 Å². The number of carbonyl (C=O) groups excluding carboxylic acids is 1. The average Bonchev–Trinajstić information content (AvgIpc) is 2.58. The predicted molar refractivity (Wildman–Crippen MR) is 83.6 cm³/mol. The third-order valence-corrected chi connectivity index (χ3v) is 4.02. The van der Waals surface area contributed by atoms with Gasteiger partial charge >= 0.3 is 5.97 Å². The van der Waals surface area contributed by atoms with Gasteiger partial charge in [-0.05, 0) is 24.6 Å². The second kappa shape index (κ2) is 6.32. The van der Waals surface area contributed by atoms with Crippen molar-refractivity contribution in [3.8, 4) is 11.5 Å². The van der Waals surface area contributed by atoms with Crippen LogP contribution in [0.15, 0.2) is 36.4 Å². The van der Waals surface area contributed by atoms with E-state index in [1.165, 1.54) is 19.2 Å². The van der Waals surface area contributed by atoms with E-state index in [2.05, 4.69) is 0 Å². The van der Waals surface area contributed by atoms with E-state index in [0.29, 0.717) is 11.1 Å². The van der Waals surface area contributed by atoms with Crippen LogP contribution in [0.1, 0.15) is 24.0 Å². The van der Waals surface area contributed by atoms with Crippen LogP contribution < -0.4 is 14.5 Å². The Kier molecular flexibility index (Phi) is 4.34. The summed E-state index contributed by atoms with van der Waals surface area (Å²) in [6, 6.07) is 7.93. The van der Waals surface area contributed by atoms with E-state index in [9.17, 15) is 19.6 Å². The number of fused-ring (bicyclic) bond motifs is 1. The Morgan fingerprint density at radius 3 is 2.72 bits per heavy atom. The van der Waals surface area contributed by atoms with E-state index in [0.717, 1.165) is 12.1 Å². The van der Waals surface area contributed by atoms with Gasteiger partial charge in [0.15, 0.2) is 10.7 Å². The molecule has 0 aliphatic carbocycles. The SMILES string of the molecule is COc1ccc2c(c1O[N+](O)(O)c1cccc(F)c1)COC(=O)C2C. The van der Waals surface area contributed by atoms with Crippen LogP contribution in [0.3, 0.4) is 0 Å².